The van der Waals surface area contributed by atoms with Gasteiger partial charge < -0.3 is 9.80 Å². The number of likely N-dealkylation sites (tertiary alicyclic amines) is 1. The quantitative estimate of drug-likeness (QED) is 0.585. The van der Waals surface area contributed by atoms with Gasteiger partial charge in [-0.15, -0.1) is 0 Å². The molecule has 5 rings (SSSR count). The van der Waals surface area contributed by atoms with E-state index in [0.717, 1.165) is 29.8 Å². The Morgan fingerprint density at radius 1 is 1.09 bits per heavy atom. The molecule has 2 atom stereocenters. The molecule has 2 aliphatic rings. The molecule has 6 nitrogen and oxygen atoms in total. The number of halogens is 1. The zero-order chi connectivity index (χ0) is 22.4. The molecule has 164 valence electrons. The molecule has 7 heteroatoms. The van der Waals surface area contributed by atoms with Gasteiger partial charge in [0.05, 0.1) is 34.1 Å². The third kappa shape index (κ3) is 3.30. The summed E-state index contributed by atoms with van der Waals surface area (Å²) in [5, 5.41) is 5.12. The summed E-state index contributed by atoms with van der Waals surface area (Å²) in [4.78, 5) is 30.6. The van der Waals surface area contributed by atoms with Crippen LogP contribution >= 0.6 is 11.6 Å². The Bertz CT molecular complexity index is 1190. The summed E-state index contributed by atoms with van der Waals surface area (Å²) in [5.74, 6) is -0.0993. The normalized spacial score (nSPS) is 20.5. The van der Waals surface area contributed by atoms with E-state index < -0.39 is 0 Å². The molecule has 3 aromatic rings. The van der Waals surface area contributed by atoms with E-state index in [4.69, 9.17) is 11.6 Å². The maximum Gasteiger partial charge on any atom is 0.273 e. The molecule has 0 saturated carbocycles. The zero-order valence-corrected chi connectivity index (χ0v) is 18.9. The zero-order valence-electron chi connectivity index (χ0n) is 18.2. The Kier molecular flexibility index (Phi) is 5.25. The molecule has 0 N–H and O–H groups in total. The van der Waals surface area contributed by atoms with Crippen molar-refractivity contribution in [2.75, 3.05) is 13.1 Å². The van der Waals surface area contributed by atoms with E-state index in [2.05, 4.69) is 12.0 Å². The number of carbonyl (C=O) groups is 2. The molecule has 2 unspecified atom stereocenters. The van der Waals surface area contributed by atoms with Crippen LogP contribution in [-0.4, -0.2) is 50.5 Å². The van der Waals surface area contributed by atoms with Crippen LogP contribution in [0.25, 0.3) is 5.69 Å². The summed E-state index contributed by atoms with van der Waals surface area (Å²) in [5.41, 5.74) is 3.86. The molecule has 2 amide bonds. The van der Waals surface area contributed by atoms with Crippen molar-refractivity contribution in [2.24, 2.45) is 0 Å². The summed E-state index contributed by atoms with van der Waals surface area (Å²) in [6.07, 6.45) is 1.71. The van der Waals surface area contributed by atoms with Crippen molar-refractivity contribution < 1.29 is 9.59 Å². The molecular weight excluding hydrogens is 424 g/mol. The van der Waals surface area contributed by atoms with Gasteiger partial charge in [-0.25, -0.2) is 4.68 Å². The van der Waals surface area contributed by atoms with Gasteiger partial charge in [-0.2, -0.15) is 5.10 Å². The van der Waals surface area contributed by atoms with Crippen molar-refractivity contribution in [1.29, 1.82) is 0 Å². The van der Waals surface area contributed by atoms with Crippen LogP contribution in [0.15, 0.2) is 54.6 Å². The number of aromatic nitrogens is 2. The summed E-state index contributed by atoms with van der Waals surface area (Å²) >= 11 is 6.27. The first-order valence-corrected chi connectivity index (χ1v) is 11.4. The van der Waals surface area contributed by atoms with Gasteiger partial charge in [0, 0.05) is 18.7 Å². The highest BCUT2D eigenvalue weighted by atomic mass is 35.5. The Labute approximate surface area is 192 Å². The van der Waals surface area contributed by atoms with E-state index in [1.54, 1.807) is 16.8 Å². The molecule has 2 aromatic carbocycles. The highest BCUT2D eigenvalue weighted by molar-refractivity contribution is 6.33. The average molecular weight is 449 g/mol. The van der Waals surface area contributed by atoms with E-state index in [-0.39, 0.29) is 23.9 Å². The van der Waals surface area contributed by atoms with Crippen LogP contribution in [0.2, 0.25) is 5.02 Å². The monoisotopic (exact) mass is 448 g/mol. The minimum absolute atomic E-state index is 0.0194. The van der Waals surface area contributed by atoms with E-state index in [1.165, 1.54) is 0 Å². The van der Waals surface area contributed by atoms with Gasteiger partial charge >= 0.3 is 0 Å². The number of hydrogen-bond donors (Lipinski definition) is 0. The van der Waals surface area contributed by atoms with Crippen molar-refractivity contribution >= 4 is 23.4 Å². The largest absolute Gasteiger partial charge is 0.337 e. The van der Waals surface area contributed by atoms with Gasteiger partial charge in [-0.3, -0.25) is 9.59 Å². The summed E-state index contributed by atoms with van der Waals surface area (Å²) in [7, 11) is 0. The van der Waals surface area contributed by atoms with Crippen LogP contribution in [0.1, 0.15) is 57.9 Å². The SMILES string of the molecule is Cc1nn(-c2ccccc2)c2c1C(C)N(C1CCCN(C(=O)c3ccccc3Cl)C1)C2=O. The van der Waals surface area contributed by atoms with Crippen molar-refractivity contribution in [3.05, 3.63) is 82.1 Å². The molecule has 3 heterocycles. The number of amides is 2. The van der Waals surface area contributed by atoms with Crippen LogP contribution in [0.4, 0.5) is 0 Å². The lowest BCUT2D eigenvalue weighted by atomic mass is 10.0. The first-order chi connectivity index (χ1) is 15.5. The Balaban J connectivity index is 1.43. The number of fused-ring (bicyclic) bond motifs is 1. The fourth-order valence-electron chi connectivity index (χ4n) is 5.09. The van der Waals surface area contributed by atoms with Gasteiger partial charge in [-0.05, 0) is 51.0 Å². The minimum Gasteiger partial charge on any atom is -0.337 e. The number of hydrogen-bond acceptors (Lipinski definition) is 3. The number of piperidine rings is 1. The van der Waals surface area contributed by atoms with Crippen LogP contribution in [0.3, 0.4) is 0 Å². The van der Waals surface area contributed by atoms with Crippen LogP contribution in [0, 0.1) is 6.92 Å². The highest BCUT2D eigenvalue weighted by Crippen LogP contribution is 2.39. The molecule has 1 saturated heterocycles. The molecule has 0 radical (unpaired) electrons. The first kappa shape index (κ1) is 20.8. The lowest BCUT2D eigenvalue weighted by Gasteiger charge is -2.39. The lowest BCUT2D eigenvalue weighted by molar-refractivity contribution is 0.0418. The lowest BCUT2D eigenvalue weighted by Crippen LogP contribution is -2.50. The predicted octanol–water partition coefficient (Wildman–Crippen LogP) is 4.66. The number of benzene rings is 2. The maximum atomic E-state index is 13.7. The Morgan fingerprint density at radius 2 is 1.81 bits per heavy atom. The summed E-state index contributed by atoms with van der Waals surface area (Å²) in [6.45, 7) is 5.19. The Morgan fingerprint density at radius 3 is 2.56 bits per heavy atom. The van der Waals surface area contributed by atoms with Crippen LogP contribution in [0.5, 0.6) is 0 Å². The second-order valence-electron chi connectivity index (χ2n) is 8.51. The molecule has 0 bridgehead atoms. The first-order valence-electron chi connectivity index (χ1n) is 11.0. The fourth-order valence-corrected chi connectivity index (χ4v) is 5.31. The Hall–Kier alpha value is -3.12. The van der Waals surface area contributed by atoms with Crippen molar-refractivity contribution in [3.8, 4) is 5.69 Å². The van der Waals surface area contributed by atoms with E-state index >= 15 is 0 Å². The number of aryl methyl sites for hydroxylation is 1. The van der Waals surface area contributed by atoms with Gasteiger partial charge in [-0.1, -0.05) is 41.9 Å². The molecule has 1 fully saturated rings. The second kappa shape index (κ2) is 8.10. The maximum absolute atomic E-state index is 13.7. The summed E-state index contributed by atoms with van der Waals surface area (Å²) in [6, 6.07) is 16.7. The van der Waals surface area contributed by atoms with Gasteiger partial charge in [0.2, 0.25) is 0 Å². The van der Waals surface area contributed by atoms with Crippen LogP contribution < -0.4 is 0 Å². The van der Waals surface area contributed by atoms with Crippen molar-refractivity contribution in [1.82, 2.24) is 19.6 Å². The van der Waals surface area contributed by atoms with Gasteiger partial charge in [0.15, 0.2) is 0 Å². The van der Waals surface area contributed by atoms with E-state index in [1.807, 2.05) is 59.2 Å². The fraction of sp³-hybridized carbons (Fsp3) is 0.320. The van der Waals surface area contributed by atoms with E-state index in [0.29, 0.717) is 29.4 Å². The topological polar surface area (TPSA) is 58.4 Å². The number of rotatable bonds is 3. The smallest absolute Gasteiger partial charge is 0.273 e. The predicted molar refractivity (Wildman–Crippen MR) is 123 cm³/mol. The molecule has 0 spiro atoms. The molecular formula is C25H25ClN4O2. The highest BCUT2D eigenvalue weighted by Gasteiger charge is 2.44. The molecule has 0 aliphatic carbocycles. The van der Waals surface area contributed by atoms with E-state index in [9.17, 15) is 9.59 Å². The van der Waals surface area contributed by atoms with Gasteiger partial charge in [0.1, 0.15) is 5.69 Å². The molecule has 2 aliphatic heterocycles. The third-order valence-electron chi connectivity index (χ3n) is 6.56. The van der Waals surface area contributed by atoms with Crippen LogP contribution in [-0.2, 0) is 0 Å². The average Bonchev–Trinajstić information content (AvgIpc) is 3.29. The second-order valence-corrected chi connectivity index (χ2v) is 8.92. The molecule has 1 aromatic heterocycles. The third-order valence-corrected chi connectivity index (χ3v) is 6.89. The summed E-state index contributed by atoms with van der Waals surface area (Å²) < 4.78 is 1.76. The van der Waals surface area contributed by atoms with Gasteiger partial charge in [0.25, 0.3) is 11.8 Å². The van der Waals surface area contributed by atoms with Crippen molar-refractivity contribution in [3.63, 3.8) is 0 Å². The minimum atomic E-state index is -0.0877. The van der Waals surface area contributed by atoms with Crippen molar-refractivity contribution in [2.45, 2.75) is 38.8 Å². The number of carbonyl (C=O) groups excluding carboxylic acids is 2. The molecule has 32 heavy (non-hydrogen) atoms. The number of nitrogens with zero attached hydrogens (tertiary/aromatic N) is 4. The number of para-hydroxylation sites is 1. The standard InChI is InChI=1S/C25H25ClN4O2/c1-16-22-17(2)29(25(32)23(22)30(27-16)18-9-4-3-5-10-18)19-11-8-14-28(15-19)24(31)20-12-6-7-13-21(20)26/h3-7,9-10,12-13,17,19H,8,11,14-15H2,1-2H3.